The molecule has 0 spiro atoms. The second-order valence-electron chi connectivity index (χ2n) is 8.50. The van der Waals surface area contributed by atoms with Gasteiger partial charge in [0.15, 0.2) is 0 Å². The van der Waals surface area contributed by atoms with Crippen LogP contribution in [0.25, 0.3) is 21.9 Å². The highest BCUT2D eigenvalue weighted by Crippen LogP contribution is 2.30. The molecule has 1 aliphatic heterocycles. The molecule has 3 heterocycles. The molecular weight excluding hydrogens is 461 g/mol. The molecule has 0 saturated carbocycles. The molecule has 1 aliphatic rings. The molecule has 35 heavy (non-hydrogen) atoms. The van der Waals surface area contributed by atoms with E-state index in [-0.39, 0.29) is 34.8 Å². The molecule has 7 nitrogen and oxygen atoms in total. The quantitative estimate of drug-likeness (QED) is 0.418. The number of H-pyrrole nitrogens is 1. The molecule has 2 aromatic carbocycles. The molecule has 180 valence electrons. The summed E-state index contributed by atoms with van der Waals surface area (Å²) in [6.45, 7) is 1.70. The van der Waals surface area contributed by atoms with Crippen LogP contribution < -0.4 is 10.9 Å². The number of carbonyl (C=O) groups excluding carboxylic acids is 1. The third-order valence-corrected chi connectivity index (χ3v) is 6.00. The molecule has 2 N–H and O–H groups in total. The van der Waals surface area contributed by atoms with Gasteiger partial charge in [-0.3, -0.25) is 14.7 Å². The smallest absolute Gasteiger partial charge is 0.282 e. The van der Waals surface area contributed by atoms with Gasteiger partial charge in [0.1, 0.15) is 11.5 Å². The predicted molar refractivity (Wildman–Crippen MR) is 123 cm³/mol. The molecule has 4 aromatic rings. The van der Waals surface area contributed by atoms with E-state index in [1.54, 1.807) is 36.5 Å². The van der Waals surface area contributed by atoms with Crippen molar-refractivity contribution in [3.63, 3.8) is 0 Å². The molecule has 0 bridgehead atoms. The fourth-order valence-electron chi connectivity index (χ4n) is 4.09. The van der Waals surface area contributed by atoms with Gasteiger partial charge in [-0.25, -0.2) is 13.2 Å². The van der Waals surface area contributed by atoms with Gasteiger partial charge in [0.25, 0.3) is 17.9 Å². The maximum absolute atomic E-state index is 14.2. The lowest BCUT2D eigenvalue weighted by Gasteiger charge is -2.25. The van der Waals surface area contributed by atoms with E-state index < -0.39 is 18.1 Å². The summed E-state index contributed by atoms with van der Waals surface area (Å²) in [7, 11) is 0. The first-order chi connectivity index (χ1) is 16.9. The van der Waals surface area contributed by atoms with Crippen molar-refractivity contribution in [3.8, 4) is 11.1 Å². The highest BCUT2D eigenvalue weighted by atomic mass is 19.3. The lowest BCUT2D eigenvalue weighted by Crippen LogP contribution is -2.39. The summed E-state index contributed by atoms with van der Waals surface area (Å²) in [6.07, 6.45) is 0.214. The van der Waals surface area contributed by atoms with Gasteiger partial charge >= 0.3 is 0 Å². The van der Waals surface area contributed by atoms with Gasteiger partial charge in [-0.15, -0.1) is 0 Å². The van der Waals surface area contributed by atoms with Crippen LogP contribution in [-0.4, -0.2) is 40.4 Å². The number of nitrogens with zero attached hydrogens (tertiary/aromatic N) is 2. The Morgan fingerprint density at radius 1 is 1.20 bits per heavy atom. The van der Waals surface area contributed by atoms with Crippen LogP contribution in [0.2, 0.25) is 0 Å². The maximum Gasteiger partial charge on any atom is 0.282 e. The number of fused-ring (bicyclic) bond motifs is 1. The molecule has 1 fully saturated rings. The number of hydrogen-bond donors (Lipinski definition) is 2. The van der Waals surface area contributed by atoms with E-state index in [9.17, 15) is 22.8 Å². The van der Waals surface area contributed by atoms with Crippen LogP contribution in [0.15, 0.2) is 59.7 Å². The van der Waals surface area contributed by atoms with Gasteiger partial charge < -0.3 is 14.6 Å². The zero-order valence-corrected chi connectivity index (χ0v) is 18.4. The van der Waals surface area contributed by atoms with Gasteiger partial charge in [0, 0.05) is 41.4 Å². The Labute approximate surface area is 197 Å². The fraction of sp³-hybridized carbons (Fsp3) is 0.240. The Balaban J connectivity index is 1.40. The molecular formula is C25H21F3N4O3. The summed E-state index contributed by atoms with van der Waals surface area (Å²) < 4.78 is 47.1. The standard InChI is InChI=1S/C25H21F3N4O3/c26-19-6-14(5-18(8-19)24(33)29-9-15-12-35-13-15)11-32-4-3-17-7-16(1-2-20(17)25(32)34)21-10-30-31-22(21)23(27)28/h1-8,10,15,23H,9,11-13H2,(H,29,33)(H,30,31). The number of aromatic nitrogens is 3. The molecule has 10 heteroatoms. The average Bonchev–Trinajstić information content (AvgIpc) is 3.30. The van der Waals surface area contributed by atoms with Gasteiger partial charge in [-0.2, -0.15) is 5.10 Å². The van der Waals surface area contributed by atoms with Gasteiger partial charge in [0.2, 0.25) is 0 Å². The number of benzene rings is 2. The number of pyridine rings is 1. The van der Waals surface area contributed by atoms with Crippen molar-refractivity contribution >= 4 is 16.7 Å². The Morgan fingerprint density at radius 3 is 2.77 bits per heavy atom. The van der Waals surface area contributed by atoms with Crippen LogP contribution in [0, 0.1) is 11.7 Å². The van der Waals surface area contributed by atoms with Crippen LogP contribution in [0.3, 0.4) is 0 Å². The number of hydrogen-bond acceptors (Lipinski definition) is 4. The SMILES string of the molecule is O=C(NCC1COC1)c1cc(F)cc(Cn2ccc3cc(-c4c[nH]nc4C(F)F)ccc3c2=O)c1. The molecule has 0 unspecified atom stereocenters. The normalized spacial score (nSPS) is 13.8. The van der Waals surface area contributed by atoms with E-state index in [0.29, 0.717) is 41.7 Å². The molecule has 1 amide bonds. The molecule has 2 aromatic heterocycles. The van der Waals surface area contributed by atoms with E-state index in [4.69, 9.17) is 4.74 Å². The van der Waals surface area contributed by atoms with Crippen molar-refractivity contribution in [3.05, 3.63) is 87.9 Å². The third-order valence-electron chi connectivity index (χ3n) is 6.00. The second kappa shape index (κ2) is 9.38. The van der Waals surface area contributed by atoms with Gasteiger partial charge in [-0.1, -0.05) is 6.07 Å². The Morgan fingerprint density at radius 2 is 2.03 bits per heavy atom. The summed E-state index contributed by atoms with van der Waals surface area (Å²) in [4.78, 5) is 25.5. The highest BCUT2D eigenvalue weighted by molar-refractivity contribution is 5.94. The first-order valence-corrected chi connectivity index (χ1v) is 11.0. The Kier molecular flexibility index (Phi) is 6.12. The number of alkyl halides is 2. The second-order valence-corrected chi connectivity index (χ2v) is 8.50. The van der Waals surface area contributed by atoms with E-state index in [0.717, 1.165) is 6.07 Å². The van der Waals surface area contributed by atoms with Crippen molar-refractivity contribution < 1.29 is 22.7 Å². The van der Waals surface area contributed by atoms with Gasteiger partial charge in [-0.05, 0) is 52.9 Å². The van der Waals surface area contributed by atoms with Crippen LogP contribution in [0.4, 0.5) is 13.2 Å². The van der Waals surface area contributed by atoms with E-state index in [2.05, 4.69) is 15.5 Å². The van der Waals surface area contributed by atoms with Crippen molar-refractivity contribution in [2.24, 2.45) is 5.92 Å². The molecule has 0 aliphatic carbocycles. The summed E-state index contributed by atoms with van der Waals surface area (Å²) in [5, 5.41) is 9.78. The fourth-order valence-corrected chi connectivity index (χ4v) is 4.09. The van der Waals surface area contributed by atoms with Crippen LogP contribution in [0.1, 0.15) is 28.0 Å². The van der Waals surface area contributed by atoms with E-state index in [1.807, 2.05) is 0 Å². The summed E-state index contributed by atoms with van der Waals surface area (Å²) in [5.74, 6) is -0.703. The largest absolute Gasteiger partial charge is 0.381 e. The van der Waals surface area contributed by atoms with E-state index in [1.165, 1.54) is 16.8 Å². The predicted octanol–water partition coefficient (Wildman–Crippen LogP) is 3.89. The Hall–Kier alpha value is -3.92. The van der Waals surface area contributed by atoms with Crippen molar-refractivity contribution in [2.45, 2.75) is 13.0 Å². The number of ether oxygens (including phenoxy) is 1. The first kappa shape index (κ1) is 22.9. The molecule has 5 rings (SSSR count). The van der Waals surface area contributed by atoms with Crippen molar-refractivity contribution in [2.75, 3.05) is 19.8 Å². The summed E-state index contributed by atoms with van der Waals surface area (Å²) in [6, 6.07) is 10.5. The molecule has 0 radical (unpaired) electrons. The zero-order valence-electron chi connectivity index (χ0n) is 18.4. The lowest BCUT2D eigenvalue weighted by molar-refractivity contribution is -0.0298. The molecule has 1 saturated heterocycles. The van der Waals surface area contributed by atoms with Crippen molar-refractivity contribution in [1.29, 1.82) is 0 Å². The first-order valence-electron chi connectivity index (χ1n) is 11.0. The number of amides is 1. The zero-order chi connectivity index (χ0) is 24.5. The van der Waals surface area contributed by atoms with Crippen molar-refractivity contribution in [1.82, 2.24) is 20.1 Å². The topological polar surface area (TPSA) is 89.0 Å². The highest BCUT2D eigenvalue weighted by Gasteiger charge is 2.20. The monoisotopic (exact) mass is 482 g/mol. The maximum atomic E-state index is 14.2. The minimum absolute atomic E-state index is 0.0578. The minimum atomic E-state index is -2.73. The summed E-state index contributed by atoms with van der Waals surface area (Å²) >= 11 is 0. The van der Waals surface area contributed by atoms with E-state index >= 15 is 0 Å². The number of halogens is 3. The summed E-state index contributed by atoms with van der Waals surface area (Å²) in [5.41, 5.74) is 0.725. The lowest BCUT2D eigenvalue weighted by atomic mass is 10.0. The average molecular weight is 482 g/mol. The van der Waals surface area contributed by atoms with Crippen LogP contribution in [-0.2, 0) is 11.3 Å². The number of rotatable bonds is 7. The number of nitrogens with one attached hydrogen (secondary N) is 2. The van der Waals surface area contributed by atoms with Crippen LogP contribution >= 0.6 is 0 Å². The van der Waals surface area contributed by atoms with Crippen LogP contribution in [0.5, 0.6) is 0 Å². The number of carbonyl (C=O) groups is 1. The third kappa shape index (κ3) is 4.69. The van der Waals surface area contributed by atoms with Gasteiger partial charge in [0.05, 0.1) is 19.8 Å². The molecule has 0 atom stereocenters. The Bertz CT molecular complexity index is 1460. The number of aromatic amines is 1. The minimum Gasteiger partial charge on any atom is -0.381 e.